The van der Waals surface area contributed by atoms with Gasteiger partial charge in [-0.1, -0.05) is 0 Å². The van der Waals surface area contributed by atoms with Gasteiger partial charge < -0.3 is 0 Å². The Labute approximate surface area is 168 Å². The number of hydrogen-bond acceptors (Lipinski definition) is 2. The Hall–Kier alpha value is -0.731. The van der Waals surface area contributed by atoms with Crippen LogP contribution in [0, 0.1) is 0 Å². The van der Waals surface area contributed by atoms with Crippen LogP contribution >= 0.6 is 27.5 Å². The quantitative estimate of drug-likeness (QED) is 0.444. The van der Waals surface area contributed by atoms with Gasteiger partial charge in [0.1, 0.15) is 0 Å². The van der Waals surface area contributed by atoms with E-state index < -0.39 is 39.6 Å². The van der Waals surface area contributed by atoms with E-state index in [2.05, 4.69) is 15.9 Å². The molecular weight excluding hydrogens is 522 g/mol. The molecule has 0 spiro atoms. The number of hydrogen-bond donors (Lipinski definition) is 0. The summed E-state index contributed by atoms with van der Waals surface area (Å²) in [6, 6.07) is 6.18. The van der Waals surface area contributed by atoms with E-state index >= 15 is 0 Å². The Kier molecular flexibility index (Phi) is 5.16. The molecule has 0 bridgehead atoms. The minimum absolute atomic E-state index is 0.0275. The standard InChI is InChI=1S/C16H12BrClF3NO2SSe/c1-15(8-10(18)6-7-14(15)17)25(23,24)22-9-13(26-16(19,20)21)11-4-2-3-5-12(11)22/h2-9,14H,1H3. The second-order valence-corrected chi connectivity index (χ2v) is 11.8. The fourth-order valence-corrected chi connectivity index (χ4v) is 7.40. The third-order valence-corrected chi connectivity index (χ3v) is 9.81. The van der Waals surface area contributed by atoms with Crippen LogP contribution < -0.4 is 4.46 Å². The average Bonchev–Trinajstić information content (AvgIpc) is 2.89. The van der Waals surface area contributed by atoms with Crippen molar-refractivity contribution in [1.82, 2.24) is 3.97 Å². The number of aromatic nitrogens is 1. The molecule has 0 radical (unpaired) electrons. The molecule has 1 aromatic heterocycles. The Morgan fingerprint density at radius 3 is 2.62 bits per heavy atom. The van der Waals surface area contributed by atoms with Crippen molar-refractivity contribution in [3.63, 3.8) is 0 Å². The van der Waals surface area contributed by atoms with E-state index in [1.54, 1.807) is 24.3 Å². The van der Waals surface area contributed by atoms with E-state index in [0.717, 1.165) is 10.2 Å². The predicted molar refractivity (Wildman–Crippen MR) is 102 cm³/mol. The van der Waals surface area contributed by atoms with Gasteiger partial charge in [-0.25, -0.2) is 0 Å². The molecule has 26 heavy (non-hydrogen) atoms. The molecule has 0 amide bonds. The van der Waals surface area contributed by atoms with Crippen LogP contribution in [0.15, 0.2) is 53.7 Å². The predicted octanol–water partition coefficient (Wildman–Crippen LogP) is 3.88. The van der Waals surface area contributed by atoms with Crippen LogP contribution in [0.2, 0.25) is 0 Å². The van der Waals surface area contributed by atoms with Crippen LogP contribution in [-0.4, -0.2) is 42.0 Å². The minimum atomic E-state index is -4.38. The molecule has 0 fully saturated rings. The zero-order valence-electron chi connectivity index (χ0n) is 13.2. The molecule has 1 aromatic carbocycles. The summed E-state index contributed by atoms with van der Waals surface area (Å²) in [5.74, 6) is 0. The third-order valence-electron chi connectivity index (χ3n) is 4.08. The van der Waals surface area contributed by atoms with Gasteiger partial charge in [-0.3, -0.25) is 0 Å². The van der Waals surface area contributed by atoms with Crippen LogP contribution in [0.3, 0.4) is 0 Å². The summed E-state index contributed by atoms with van der Waals surface area (Å²) in [6.07, 6.45) is 5.65. The maximum atomic E-state index is 13.4. The third kappa shape index (κ3) is 3.40. The summed E-state index contributed by atoms with van der Waals surface area (Å²) in [4.78, 5) is -0.583. The fraction of sp³-hybridized carbons (Fsp3) is 0.250. The van der Waals surface area contributed by atoms with Crippen molar-refractivity contribution in [2.24, 2.45) is 0 Å². The van der Waals surface area contributed by atoms with Gasteiger partial charge in [0.2, 0.25) is 0 Å². The van der Waals surface area contributed by atoms with Crippen molar-refractivity contribution in [3.8, 4) is 0 Å². The normalized spacial score (nSPS) is 24.1. The molecule has 2 atom stereocenters. The van der Waals surface area contributed by atoms with Crippen molar-refractivity contribution in [1.29, 1.82) is 0 Å². The van der Waals surface area contributed by atoms with Gasteiger partial charge in [-0.2, -0.15) is 0 Å². The average molecular weight is 534 g/mol. The van der Waals surface area contributed by atoms with Crippen LogP contribution in [0.5, 0.6) is 0 Å². The molecular formula is C16H12BrClF3NO2SSe. The first-order valence-electron chi connectivity index (χ1n) is 7.27. The second-order valence-electron chi connectivity index (χ2n) is 5.83. The van der Waals surface area contributed by atoms with Crippen LogP contribution in [0.4, 0.5) is 13.2 Å². The Balaban J connectivity index is 2.24. The van der Waals surface area contributed by atoms with Crippen molar-refractivity contribution in [3.05, 3.63) is 53.7 Å². The molecule has 3 rings (SSSR count). The number of fused-ring (bicyclic) bond motifs is 1. The van der Waals surface area contributed by atoms with Gasteiger partial charge in [-0.05, 0) is 0 Å². The summed E-state index contributed by atoms with van der Waals surface area (Å²) < 4.78 is 65.1. The number of rotatable bonds is 3. The summed E-state index contributed by atoms with van der Waals surface area (Å²) in [7, 11) is -4.10. The molecule has 1 heterocycles. The Morgan fingerprint density at radius 2 is 1.96 bits per heavy atom. The molecule has 0 aliphatic heterocycles. The summed E-state index contributed by atoms with van der Waals surface area (Å²) in [5, 5.41) is -3.85. The Morgan fingerprint density at radius 1 is 1.31 bits per heavy atom. The van der Waals surface area contributed by atoms with Crippen molar-refractivity contribution < 1.29 is 21.6 Å². The van der Waals surface area contributed by atoms with Gasteiger partial charge in [0.15, 0.2) is 0 Å². The van der Waals surface area contributed by atoms with Crippen molar-refractivity contribution >= 4 is 67.9 Å². The number of benzene rings is 1. The van der Waals surface area contributed by atoms with Crippen LogP contribution in [-0.2, 0) is 10.0 Å². The summed E-state index contributed by atoms with van der Waals surface area (Å²) in [5.41, 5.74) is 0.216. The second kappa shape index (κ2) is 6.71. The molecule has 2 aromatic rings. The van der Waals surface area contributed by atoms with Gasteiger partial charge in [0.25, 0.3) is 0 Å². The number of nitrogens with zero attached hydrogens (tertiary/aromatic N) is 1. The molecule has 2 unspecified atom stereocenters. The number of para-hydroxylation sites is 1. The molecule has 1 aliphatic carbocycles. The molecule has 140 valence electrons. The SMILES string of the molecule is CC1(S(=O)(=O)n2cc([Se]C(F)(F)F)c3ccccc32)C=C(Cl)C=CC1Br. The first-order chi connectivity index (χ1) is 12.0. The van der Waals surface area contributed by atoms with Crippen LogP contribution in [0.1, 0.15) is 6.92 Å². The molecule has 10 heteroatoms. The number of halogens is 5. The molecule has 3 nitrogen and oxygen atoms in total. The van der Waals surface area contributed by atoms with Gasteiger partial charge >= 0.3 is 169 Å². The molecule has 0 N–H and O–H groups in total. The first kappa shape index (κ1) is 20.0. The fourth-order valence-electron chi connectivity index (χ4n) is 2.72. The summed E-state index contributed by atoms with van der Waals surface area (Å²) >= 11 is 7.48. The monoisotopic (exact) mass is 533 g/mol. The van der Waals surface area contributed by atoms with E-state index in [0.29, 0.717) is 0 Å². The van der Waals surface area contributed by atoms with E-state index in [-0.39, 0.29) is 20.4 Å². The zero-order chi connectivity index (χ0) is 19.3. The van der Waals surface area contributed by atoms with Crippen molar-refractivity contribution in [2.45, 2.75) is 21.6 Å². The topological polar surface area (TPSA) is 39.1 Å². The van der Waals surface area contributed by atoms with E-state index in [4.69, 9.17) is 11.6 Å². The van der Waals surface area contributed by atoms with E-state index in [1.807, 2.05) is 0 Å². The van der Waals surface area contributed by atoms with E-state index in [1.165, 1.54) is 25.1 Å². The maximum absolute atomic E-state index is 13.4. The summed E-state index contributed by atoms with van der Waals surface area (Å²) in [6.45, 7) is 1.48. The number of allylic oxidation sites excluding steroid dienone is 3. The Bertz CT molecular complexity index is 1030. The van der Waals surface area contributed by atoms with Gasteiger partial charge in [0.05, 0.1) is 0 Å². The van der Waals surface area contributed by atoms with Gasteiger partial charge in [0, 0.05) is 0 Å². The molecule has 0 saturated heterocycles. The molecule has 1 aliphatic rings. The van der Waals surface area contributed by atoms with Gasteiger partial charge in [-0.15, -0.1) is 0 Å². The van der Waals surface area contributed by atoms with Crippen LogP contribution in [0.25, 0.3) is 10.9 Å². The molecule has 0 saturated carbocycles. The zero-order valence-corrected chi connectivity index (χ0v) is 18.0. The van der Waals surface area contributed by atoms with Crippen molar-refractivity contribution in [2.75, 3.05) is 0 Å². The number of alkyl halides is 4. The first-order valence-corrected chi connectivity index (χ1v) is 11.7. The van der Waals surface area contributed by atoms with E-state index in [9.17, 15) is 21.6 Å².